The number of imidazole rings is 1. The maximum atomic E-state index is 12.5. The van der Waals surface area contributed by atoms with Crippen LogP contribution in [0, 0.1) is 0 Å². The van der Waals surface area contributed by atoms with Crippen molar-refractivity contribution < 1.29 is 14.4 Å². The number of anilines is 1. The molecule has 0 aliphatic carbocycles. The highest BCUT2D eigenvalue weighted by molar-refractivity contribution is 9.10. The zero-order valence-electron chi connectivity index (χ0n) is 16.7. The van der Waals surface area contributed by atoms with Crippen LogP contribution in [0.4, 0.5) is 5.69 Å². The predicted molar refractivity (Wildman–Crippen MR) is 121 cm³/mol. The number of aryl methyl sites for hydroxylation is 1. The number of carbonyl (C=O) groups excluding carboxylic acids is 3. The van der Waals surface area contributed by atoms with Crippen LogP contribution in [0.5, 0.6) is 0 Å². The minimum Gasteiger partial charge on any atom is -0.329 e. The molecule has 158 valence electrons. The minimum absolute atomic E-state index is 0.163. The lowest BCUT2D eigenvalue weighted by atomic mass is 10.1. The number of carbonyl (C=O) groups is 3. The first kappa shape index (κ1) is 21.3. The number of aromatic nitrogens is 2. The molecular weight excluding hydrogens is 480 g/mol. The van der Waals surface area contributed by atoms with Gasteiger partial charge in [0.1, 0.15) is 0 Å². The average Bonchev–Trinajstić information content (AvgIpc) is 3.25. The van der Waals surface area contributed by atoms with E-state index in [4.69, 9.17) is 0 Å². The highest BCUT2D eigenvalue weighted by atomic mass is 79.9. The van der Waals surface area contributed by atoms with Crippen molar-refractivity contribution in [2.45, 2.75) is 22.9 Å². The van der Waals surface area contributed by atoms with E-state index < -0.39 is 0 Å². The molecule has 0 fully saturated rings. The van der Waals surface area contributed by atoms with E-state index in [2.05, 4.69) is 26.2 Å². The Bertz CT molecular complexity index is 1160. The Kier molecular flexibility index (Phi) is 6.24. The Morgan fingerprint density at radius 2 is 1.84 bits per heavy atom. The number of benzene rings is 2. The van der Waals surface area contributed by atoms with Crippen molar-refractivity contribution in [3.05, 3.63) is 70.5 Å². The van der Waals surface area contributed by atoms with Crippen LogP contribution in [0.1, 0.15) is 33.6 Å². The second-order valence-electron chi connectivity index (χ2n) is 7.05. The highest BCUT2D eigenvalue weighted by Gasteiger charge is 2.35. The topological polar surface area (TPSA) is 84.3 Å². The summed E-state index contributed by atoms with van der Waals surface area (Å²) in [4.78, 5) is 43.7. The number of fused-ring (bicyclic) bond motifs is 1. The Hall–Kier alpha value is -2.91. The molecule has 0 bridgehead atoms. The van der Waals surface area contributed by atoms with E-state index >= 15 is 0 Å². The fourth-order valence-electron chi connectivity index (χ4n) is 3.25. The van der Waals surface area contributed by atoms with Gasteiger partial charge in [-0.15, -0.1) is 0 Å². The molecule has 4 rings (SSSR count). The van der Waals surface area contributed by atoms with Crippen molar-refractivity contribution in [3.8, 4) is 0 Å². The number of hydrogen-bond acceptors (Lipinski definition) is 5. The summed E-state index contributed by atoms with van der Waals surface area (Å²) in [6, 6.07) is 12.6. The summed E-state index contributed by atoms with van der Waals surface area (Å²) in [6.45, 7) is 0.205. The van der Waals surface area contributed by atoms with Crippen molar-refractivity contribution in [3.63, 3.8) is 0 Å². The molecule has 1 N–H and O–H groups in total. The van der Waals surface area contributed by atoms with Gasteiger partial charge < -0.3 is 9.88 Å². The van der Waals surface area contributed by atoms with E-state index in [1.165, 1.54) is 16.7 Å². The second-order valence-corrected chi connectivity index (χ2v) is 9.01. The molecule has 1 aromatic heterocycles. The number of amides is 3. The smallest absolute Gasteiger partial charge is 0.261 e. The fraction of sp³-hybridized carbons (Fsp3) is 0.182. The lowest BCUT2D eigenvalue weighted by Crippen LogP contribution is -2.31. The van der Waals surface area contributed by atoms with Crippen LogP contribution in [0.2, 0.25) is 0 Å². The fourth-order valence-corrected chi connectivity index (χ4v) is 4.41. The first-order chi connectivity index (χ1) is 14.9. The SMILES string of the molecule is Cn1ccnc1Sc1ccc(NC(=O)CCCN2C(=O)c3ccc(Br)cc3C2=O)cc1. The number of imide groups is 1. The Morgan fingerprint density at radius 3 is 2.55 bits per heavy atom. The average molecular weight is 499 g/mol. The normalized spacial score (nSPS) is 12.9. The van der Waals surface area contributed by atoms with E-state index in [1.54, 1.807) is 24.4 Å². The van der Waals surface area contributed by atoms with Crippen molar-refractivity contribution in [1.82, 2.24) is 14.5 Å². The van der Waals surface area contributed by atoms with Crippen LogP contribution in [-0.4, -0.2) is 38.7 Å². The van der Waals surface area contributed by atoms with Crippen molar-refractivity contribution >= 4 is 51.1 Å². The number of halogens is 1. The Labute approximate surface area is 192 Å². The van der Waals surface area contributed by atoms with Crippen LogP contribution in [0.15, 0.2) is 69.4 Å². The molecule has 3 aromatic rings. The molecule has 0 radical (unpaired) electrons. The summed E-state index contributed by atoms with van der Waals surface area (Å²) in [5.74, 6) is -0.792. The Balaban J connectivity index is 1.27. The van der Waals surface area contributed by atoms with Gasteiger partial charge >= 0.3 is 0 Å². The van der Waals surface area contributed by atoms with Gasteiger partial charge in [0.15, 0.2) is 5.16 Å². The number of nitrogens with zero attached hydrogens (tertiary/aromatic N) is 3. The highest BCUT2D eigenvalue weighted by Crippen LogP contribution is 2.27. The lowest BCUT2D eigenvalue weighted by molar-refractivity contribution is -0.116. The van der Waals surface area contributed by atoms with Gasteiger partial charge in [-0.25, -0.2) is 4.98 Å². The first-order valence-corrected chi connectivity index (χ1v) is 11.2. The summed E-state index contributed by atoms with van der Waals surface area (Å²) in [5, 5.41) is 3.73. The summed E-state index contributed by atoms with van der Waals surface area (Å²) >= 11 is 4.86. The Morgan fingerprint density at radius 1 is 1.10 bits per heavy atom. The van der Waals surface area contributed by atoms with Crippen LogP contribution < -0.4 is 5.32 Å². The molecule has 0 unspecified atom stereocenters. The van der Waals surface area contributed by atoms with Gasteiger partial charge in [0.05, 0.1) is 11.1 Å². The van der Waals surface area contributed by atoms with E-state index in [1.807, 2.05) is 42.1 Å². The summed E-state index contributed by atoms with van der Waals surface area (Å²) in [6.07, 6.45) is 4.24. The minimum atomic E-state index is -0.317. The van der Waals surface area contributed by atoms with Gasteiger partial charge in [-0.1, -0.05) is 27.7 Å². The second kappa shape index (κ2) is 9.07. The van der Waals surface area contributed by atoms with Crippen molar-refractivity contribution in [1.29, 1.82) is 0 Å². The third-order valence-electron chi connectivity index (χ3n) is 4.84. The third-order valence-corrected chi connectivity index (χ3v) is 6.42. The third kappa shape index (κ3) is 4.72. The number of rotatable bonds is 7. The van der Waals surface area contributed by atoms with Crippen LogP contribution in [0.3, 0.4) is 0 Å². The molecule has 1 aliphatic rings. The van der Waals surface area contributed by atoms with E-state index in [9.17, 15) is 14.4 Å². The lowest BCUT2D eigenvalue weighted by Gasteiger charge is -2.13. The molecule has 7 nitrogen and oxygen atoms in total. The number of hydrogen-bond donors (Lipinski definition) is 1. The molecule has 2 heterocycles. The van der Waals surface area contributed by atoms with Crippen LogP contribution in [-0.2, 0) is 11.8 Å². The van der Waals surface area contributed by atoms with E-state index in [0.717, 1.165) is 14.5 Å². The molecule has 1 aliphatic heterocycles. The van der Waals surface area contributed by atoms with Crippen LogP contribution >= 0.6 is 27.7 Å². The maximum Gasteiger partial charge on any atom is 0.261 e. The van der Waals surface area contributed by atoms with Crippen molar-refractivity contribution in [2.75, 3.05) is 11.9 Å². The molecule has 9 heteroatoms. The summed E-state index contributed by atoms with van der Waals surface area (Å²) in [5.41, 5.74) is 1.49. The van der Waals surface area contributed by atoms with Crippen LogP contribution in [0.25, 0.3) is 0 Å². The zero-order chi connectivity index (χ0) is 22.0. The van der Waals surface area contributed by atoms with E-state index in [0.29, 0.717) is 23.2 Å². The van der Waals surface area contributed by atoms with Gasteiger partial charge in [0.2, 0.25) is 5.91 Å². The van der Waals surface area contributed by atoms with Gasteiger partial charge in [0, 0.05) is 47.5 Å². The zero-order valence-corrected chi connectivity index (χ0v) is 19.1. The predicted octanol–water partition coefficient (Wildman–Crippen LogP) is 4.35. The molecule has 0 saturated heterocycles. The molecular formula is C22H19BrN4O3S. The first-order valence-electron chi connectivity index (χ1n) is 9.63. The largest absolute Gasteiger partial charge is 0.329 e. The van der Waals surface area contributed by atoms with E-state index in [-0.39, 0.29) is 30.7 Å². The van der Waals surface area contributed by atoms with Gasteiger partial charge in [-0.2, -0.15) is 0 Å². The molecule has 2 aromatic carbocycles. The standard InChI is InChI=1S/C22H19BrN4O3S/c1-26-12-10-24-22(26)31-16-7-5-15(6-8-16)25-19(28)3-2-11-27-20(29)17-9-4-14(23)13-18(17)21(27)30/h4-10,12-13H,2-3,11H2,1H3,(H,25,28). The van der Waals surface area contributed by atoms with Crippen molar-refractivity contribution in [2.24, 2.45) is 7.05 Å². The number of nitrogens with one attached hydrogen (secondary N) is 1. The molecule has 3 amide bonds. The monoisotopic (exact) mass is 498 g/mol. The van der Waals surface area contributed by atoms with Gasteiger partial charge in [0.25, 0.3) is 11.8 Å². The summed E-state index contributed by atoms with van der Waals surface area (Å²) < 4.78 is 2.69. The van der Waals surface area contributed by atoms with Gasteiger partial charge in [-0.05, 0) is 48.9 Å². The molecule has 0 spiro atoms. The quantitative estimate of drug-likeness (QED) is 0.489. The molecule has 0 atom stereocenters. The maximum absolute atomic E-state index is 12.5. The van der Waals surface area contributed by atoms with Gasteiger partial charge in [-0.3, -0.25) is 19.3 Å². The summed E-state index contributed by atoms with van der Waals surface area (Å²) in [7, 11) is 1.94. The molecule has 31 heavy (non-hydrogen) atoms. The molecule has 0 saturated carbocycles.